The predicted molar refractivity (Wildman–Crippen MR) is 58.4 cm³/mol. The van der Waals surface area contributed by atoms with Crippen LogP contribution in [-0.4, -0.2) is 20.2 Å². The molecule has 1 aromatic carbocycles. The summed E-state index contributed by atoms with van der Waals surface area (Å²) in [4.78, 5) is 11.3. The smallest absolute Gasteiger partial charge is 0.327 e. The van der Waals surface area contributed by atoms with Crippen LogP contribution in [0, 0.1) is 11.3 Å². The Morgan fingerprint density at radius 3 is 2.62 bits per heavy atom. The van der Waals surface area contributed by atoms with Crippen molar-refractivity contribution < 1.29 is 14.3 Å². The molecule has 0 spiro atoms. The Kier molecular flexibility index (Phi) is 4.15. The van der Waals surface area contributed by atoms with Crippen molar-refractivity contribution in [3.05, 3.63) is 28.8 Å². The van der Waals surface area contributed by atoms with Gasteiger partial charge in [0, 0.05) is 0 Å². The molecular formula is C11H10ClNO3. The lowest BCUT2D eigenvalue weighted by Crippen LogP contribution is -2.12. The van der Waals surface area contributed by atoms with E-state index in [4.69, 9.17) is 21.6 Å². The van der Waals surface area contributed by atoms with Gasteiger partial charge in [-0.05, 0) is 17.7 Å². The third kappa shape index (κ3) is 2.44. The molecular weight excluding hydrogens is 230 g/mol. The van der Waals surface area contributed by atoms with Gasteiger partial charge in [0.1, 0.15) is 5.75 Å². The molecule has 0 aliphatic rings. The molecule has 0 N–H and O–H groups in total. The summed E-state index contributed by atoms with van der Waals surface area (Å²) in [6, 6.07) is 6.59. The number of nitriles is 1. The molecule has 1 aromatic rings. The van der Waals surface area contributed by atoms with E-state index in [1.807, 2.05) is 6.07 Å². The zero-order valence-corrected chi connectivity index (χ0v) is 9.62. The van der Waals surface area contributed by atoms with E-state index in [2.05, 4.69) is 4.74 Å². The summed E-state index contributed by atoms with van der Waals surface area (Å²) < 4.78 is 9.49. The summed E-state index contributed by atoms with van der Waals surface area (Å²) in [6.45, 7) is 0. The molecule has 0 saturated carbocycles. The molecule has 0 aromatic heterocycles. The molecule has 5 heteroatoms. The van der Waals surface area contributed by atoms with Gasteiger partial charge in [0.2, 0.25) is 0 Å². The highest BCUT2D eigenvalue weighted by Crippen LogP contribution is 2.28. The van der Waals surface area contributed by atoms with Crippen LogP contribution in [0.25, 0.3) is 0 Å². The Balaban J connectivity index is 3.09. The summed E-state index contributed by atoms with van der Waals surface area (Å²) in [5.41, 5.74) is 0.486. The van der Waals surface area contributed by atoms with Crippen molar-refractivity contribution in [2.24, 2.45) is 0 Å². The molecule has 1 atom stereocenters. The monoisotopic (exact) mass is 239 g/mol. The van der Waals surface area contributed by atoms with Gasteiger partial charge in [0.05, 0.1) is 25.3 Å². The van der Waals surface area contributed by atoms with Crippen molar-refractivity contribution >= 4 is 17.6 Å². The first kappa shape index (κ1) is 12.3. The quantitative estimate of drug-likeness (QED) is 0.758. The highest BCUT2D eigenvalue weighted by Gasteiger charge is 2.21. The number of methoxy groups -OCH3 is 2. The Labute approximate surface area is 98.3 Å². The fraction of sp³-hybridized carbons (Fsp3) is 0.273. The molecule has 0 heterocycles. The second kappa shape index (κ2) is 5.38. The fourth-order valence-electron chi connectivity index (χ4n) is 1.24. The summed E-state index contributed by atoms with van der Waals surface area (Å²) in [6.07, 6.45) is 0. The van der Waals surface area contributed by atoms with E-state index in [1.165, 1.54) is 20.3 Å². The maximum atomic E-state index is 11.3. The van der Waals surface area contributed by atoms with Gasteiger partial charge in [0.25, 0.3) is 0 Å². The Morgan fingerprint density at radius 1 is 1.50 bits per heavy atom. The average molecular weight is 240 g/mol. The molecule has 0 bridgehead atoms. The van der Waals surface area contributed by atoms with Crippen LogP contribution in [0.2, 0.25) is 5.02 Å². The molecule has 0 saturated heterocycles. The topological polar surface area (TPSA) is 59.3 Å². The minimum atomic E-state index is -0.964. The van der Waals surface area contributed by atoms with E-state index in [9.17, 15) is 4.79 Å². The lowest BCUT2D eigenvalue weighted by Gasteiger charge is -2.09. The van der Waals surface area contributed by atoms with Gasteiger partial charge < -0.3 is 9.47 Å². The number of carbonyl (C=O) groups is 1. The molecule has 0 radical (unpaired) electrons. The van der Waals surface area contributed by atoms with E-state index < -0.39 is 11.9 Å². The number of benzene rings is 1. The molecule has 84 valence electrons. The Bertz CT molecular complexity index is 439. The predicted octanol–water partition coefficient (Wildman–Crippen LogP) is 2.13. The molecule has 0 aliphatic heterocycles. The van der Waals surface area contributed by atoms with Crippen molar-refractivity contribution in [1.29, 1.82) is 5.26 Å². The van der Waals surface area contributed by atoms with Gasteiger partial charge in [0.15, 0.2) is 5.92 Å². The van der Waals surface area contributed by atoms with Crippen molar-refractivity contribution in [2.45, 2.75) is 5.92 Å². The van der Waals surface area contributed by atoms with E-state index in [0.29, 0.717) is 16.3 Å². The van der Waals surface area contributed by atoms with E-state index in [1.54, 1.807) is 12.1 Å². The Morgan fingerprint density at radius 2 is 2.19 bits per heavy atom. The zero-order valence-electron chi connectivity index (χ0n) is 8.86. The van der Waals surface area contributed by atoms with Crippen molar-refractivity contribution in [3.8, 4) is 11.8 Å². The first-order chi connectivity index (χ1) is 7.63. The van der Waals surface area contributed by atoms with Gasteiger partial charge in [-0.2, -0.15) is 5.26 Å². The normalized spacial score (nSPS) is 11.4. The maximum Gasteiger partial charge on any atom is 0.327 e. The summed E-state index contributed by atoms with van der Waals surface area (Å²) in [5, 5.41) is 9.22. The molecule has 1 rings (SSSR count). The fourth-order valence-corrected chi connectivity index (χ4v) is 1.51. The third-order valence-electron chi connectivity index (χ3n) is 2.08. The molecule has 1 unspecified atom stereocenters. The van der Waals surface area contributed by atoms with E-state index in [-0.39, 0.29) is 0 Å². The second-order valence-corrected chi connectivity index (χ2v) is 3.39. The van der Waals surface area contributed by atoms with E-state index >= 15 is 0 Å². The minimum Gasteiger partial charge on any atom is -0.495 e. The van der Waals surface area contributed by atoms with Crippen LogP contribution < -0.4 is 4.74 Å². The molecule has 16 heavy (non-hydrogen) atoms. The number of carbonyl (C=O) groups excluding carboxylic acids is 1. The largest absolute Gasteiger partial charge is 0.495 e. The van der Waals surface area contributed by atoms with Crippen LogP contribution in [0.4, 0.5) is 0 Å². The first-order valence-electron chi connectivity index (χ1n) is 4.45. The van der Waals surface area contributed by atoms with E-state index in [0.717, 1.165) is 0 Å². The molecule has 0 amide bonds. The standard InChI is InChI=1S/C11H10ClNO3/c1-15-10-4-3-7(5-9(10)12)8(6-13)11(14)16-2/h3-5,8H,1-2H3. The minimum absolute atomic E-state index is 0.351. The number of halogens is 1. The van der Waals surface area contributed by atoms with Crippen molar-refractivity contribution in [1.82, 2.24) is 0 Å². The highest BCUT2D eigenvalue weighted by atomic mass is 35.5. The van der Waals surface area contributed by atoms with Crippen molar-refractivity contribution in [2.75, 3.05) is 14.2 Å². The lowest BCUT2D eigenvalue weighted by molar-refractivity contribution is -0.140. The van der Waals surface area contributed by atoms with Crippen LogP contribution in [-0.2, 0) is 9.53 Å². The summed E-state index contributed by atoms with van der Waals surface area (Å²) in [5.74, 6) is -1.08. The number of hydrogen-bond donors (Lipinski definition) is 0. The van der Waals surface area contributed by atoms with Crippen LogP contribution in [0.15, 0.2) is 18.2 Å². The summed E-state index contributed by atoms with van der Waals surface area (Å²) in [7, 11) is 2.72. The lowest BCUT2D eigenvalue weighted by atomic mass is 10.0. The van der Waals surface area contributed by atoms with Gasteiger partial charge in [-0.3, -0.25) is 4.79 Å². The number of rotatable bonds is 3. The average Bonchev–Trinajstić information content (AvgIpc) is 2.30. The number of esters is 1. The number of hydrogen-bond acceptors (Lipinski definition) is 4. The highest BCUT2D eigenvalue weighted by molar-refractivity contribution is 6.32. The number of nitrogens with zero attached hydrogens (tertiary/aromatic N) is 1. The molecule has 4 nitrogen and oxygen atoms in total. The van der Waals surface area contributed by atoms with Crippen LogP contribution in [0.1, 0.15) is 11.5 Å². The van der Waals surface area contributed by atoms with Gasteiger partial charge in [-0.25, -0.2) is 0 Å². The van der Waals surface area contributed by atoms with Crippen LogP contribution in [0.5, 0.6) is 5.75 Å². The van der Waals surface area contributed by atoms with Gasteiger partial charge in [-0.15, -0.1) is 0 Å². The van der Waals surface area contributed by atoms with Gasteiger partial charge >= 0.3 is 5.97 Å². The SMILES string of the molecule is COC(=O)C(C#N)c1ccc(OC)c(Cl)c1. The van der Waals surface area contributed by atoms with Crippen LogP contribution in [0.3, 0.4) is 0 Å². The first-order valence-corrected chi connectivity index (χ1v) is 4.82. The second-order valence-electron chi connectivity index (χ2n) is 2.98. The van der Waals surface area contributed by atoms with Crippen molar-refractivity contribution in [3.63, 3.8) is 0 Å². The summed E-state index contributed by atoms with van der Waals surface area (Å²) >= 11 is 5.89. The Hall–Kier alpha value is -1.73. The zero-order chi connectivity index (χ0) is 12.1. The maximum absolute atomic E-state index is 11.3. The number of ether oxygens (including phenoxy) is 2. The third-order valence-corrected chi connectivity index (χ3v) is 2.37. The molecule has 0 aliphatic carbocycles. The molecule has 0 fully saturated rings. The van der Waals surface area contributed by atoms with Gasteiger partial charge in [-0.1, -0.05) is 17.7 Å². The van der Waals surface area contributed by atoms with Crippen LogP contribution >= 0.6 is 11.6 Å².